The van der Waals surface area contributed by atoms with E-state index in [2.05, 4.69) is 36.0 Å². The molecule has 0 spiro atoms. The highest BCUT2D eigenvalue weighted by molar-refractivity contribution is 6.45. The number of carboxylic acids is 1. The van der Waals surface area contributed by atoms with Gasteiger partial charge in [-0.15, -0.1) is 0 Å². The molecule has 0 saturated carbocycles. The Balaban J connectivity index is 0.000000182. The molecule has 2 aromatic carbocycles. The van der Waals surface area contributed by atoms with Gasteiger partial charge in [0.2, 0.25) is 0 Å². The maximum Gasteiger partial charge on any atom is 0.376 e. The Morgan fingerprint density at radius 1 is 0.875 bits per heavy atom. The van der Waals surface area contributed by atoms with Crippen LogP contribution < -0.4 is 0 Å². The minimum Gasteiger partial charge on any atom is -0.481 e. The van der Waals surface area contributed by atoms with E-state index >= 15 is 0 Å². The SMILES string of the molecule is CB(O)N1CCc2ccccc2C1CC(=O)O.CCC1c2ccccc2CCN1B(C)O. The highest BCUT2D eigenvalue weighted by Crippen LogP contribution is 2.33. The fraction of sp³-hybridized carbons (Fsp3) is 0.458. The zero-order valence-corrected chi connectivity index (χ0v) is 19.3. The van der Waals surface area contributed by atoms with Gasteiger partial charge in [0.25, 0.3) is 0 Å². The molecule has 4 rings (SSSR count). The van der Waals surface area contributed by atoms with E-state index in [0.717, 1.165) is 31.4 Å². The van der Waals surface area contributed by atoms with Crippen LogP contribution in [0.3, 0.4) is 0 Å². The number of rotatable bonds is 5. The van der Waals surface area contributed by atoms with Crippen molar-refractivity contribution in [2.24, 2.45) is 0 Å². The van der Waals surface area contributed by atoms with Crippen LogP contribution >= 0.6 is 0 Å². The van der Waals surface area contributed by atoms with Crippen molar-refractivity contribution in [1.82, 2.24) is 9.62 Å². The van der Waals surface area contributed by atoms with E-state index in [-0.39, 0.29) is 19.5 Å². The number of aliphatic carboxylic acids is 1. The lowest BCUT2D eigenvalue weighted by molar-refractivity contribution is -0.138. The van der Waals surface area contributed by atoms with Crippen LogP contribution in [0.1, 0.15) is 54.1 Å². The molecule has 0 fully saturated rings. The average molecular weight is 436 g/mol. The lowest BCUT2D eigenvalue weighted by atomic mass is 9.77. The zero-order valence-electron chi connectivity index (χ0n) is 19.3. The minimum absolute atomic E-state index is 0.0297. The number of carbonyl (C=O) groups is 1. The Kier molecular flexibility index (Phi) is 8.54. The lowest BCUT2D eigenvalue weighted by Gasteiger charge is -2.37. The molecule has 2 heterocycles. The molecule has 2 aromatic rings. The summed E-state index contributed by atoms with van der Waals surface area (Å²) < 4.78 is 0. The van der Waals surface area contributed by atoms with Crippen LogP contribution in [0, 0.1) is 0 Å². The molecule has 3 N–H and O–H groups in total. The van der Waals surface area contributed by atoms with Gasteiger partial charge >= 0.3 is 20.1 Å². The smallest absolute Gasteiger partial charge is 0.376 e. The van der Waals surface area contributed by atoms with Crippen LogP contribution in [0.5, 0.6) is 0 Å². The second-order valence-electron chi connectivity index (χ2n) is 8.67. The molecule has 0 amide bonds. The van der Waals surface area contributed by atoms with Crippen LogP contribution in [0.25, 0.3) is 0 Å². The lowest BCUT2D eigenvalue weighted by Crippen LogP contribution is -2.45. The largest absolute Gasteiger partial charge is 0.481 e. The number of hydrogen-bond acceptors (Lipinski definition) is 5. The van der Waals surface area contributed by atoms with Crippen molar-refractivity contribution in [2.45, 2.75) is 58.3 Å². The topological polar surface area (TPSA) is 84.2 Å². The van der Waals surface area contributed by atoms with E-state index in [9.17, 15) is 14.8 Å². The van der Waals surface area contributed by atoms with E-state index < -0.39 is 13.0 Å². The molecular weight excluding hydrogens is 402 g/mol. The standard InChI is InChI=1S/C12H16BNO3.C12H18BNO/c1-13(17)14-7-6-9-4-2-3-5-10(9)11(14)8-12(15)16;1-3-12-11-7-5-4-6-10(11)8-9-14(12)13(2)15/h2-5,11,17H,6-8H2,1H3,(H,15,16);4-7,12,15H,3,8-9H2,1-2H3. The summed E-state index contributed by atoms with van der Waals surface area (Å²) in [5.74, 6) is -0.836. The van der Waals surface area contributed by atoms with Crippen LogP contribution in [0.2, 0.25) is 13.6 Å². The Morgan fingerprint density at radius 3 is 1.75 bits per heavy atom. The molecule has 0 saturated heterocycles. The van der Waals surface area contributed by atoms with E-state index in [1.54, 1.807) is 6.82 Å². The van der Waals surface area contributed by atoms with Gasteiger partial charge in [0.15, 0.2) is 0 Å². The van der Waals surface area contributed by atoms with Crippen molar-refractivity contribution >= 4 is 20.1 Å². The van der Waals surface area contributed by atoms with Crippen LogP contribution in [0.15, 0.2) is 48.5 Å². The van der Waals surface area contributed by atoms with Gasteiger partial charge in [-0.05, 0) is 68.3 Å². The summed E-state index contributed by atoms with van der Waals surface area (Å²) in [5, 5.41) is 28.4. The predicted octanol–water partition coefficient (Wildman–Crippen LogP) is 3.28. The van der Waals surface area contributed by atoms with Gasteiger partial charge in [0.1, 0.15) is 0 Å². The molecule has 2 aliphatic heterocycles. The first kappa shape index (κ1) is 24.5. The molecular formula is C24H34B2N2O4. The Labute approximate surface area is 192 Å². The normalized spacial score (nSPS) is 20.4. The minimum atomic E-state index is -0.836. The molecule has 8 heteroatoms. The summed E-state index contributed by atoms with van der Waals surface area (Å²) in [6.45, 7) is 7.39. The fourth-order valence-electron chi connectivity index (χ4n) is 5.08. The van der Waals surface area contributed by atoms with Gasteiger partial charge in [-0.3, -0.25) is 4.79 Å². The quantitative estimate of drug-likeness (QED) is 0.625. The Morgan fingerprint density at radius 2 is 1.31 bits per heavy atom. The zero-order chi connectivity index (χ0) is 23.3. The van der Waals surface area contributed by atoms with Crippen molar-refractivity contribution in [3.8, 4) is 0 Å². The monoisotopic (exact) mass is 436 g/mol. The average Bonchev–Trinajstić information content (AvgIpc) is 2.78. The molecule has 2 atom stereocenters. The van der Waals surface area contributed by atoms with Crippen LogP contribution in [-0.2, 0) is 17.6 Å². The summed E-state index contributed by atoms with van der Waals surface area (Å²) >= 11 is 0. The summed E-state index contributed by atoms with van der Waals surface area (Å²) in [4.78, 5) is 15.0. The maximum atomic E-state index is 10.9. The third-order valence-corrected chi connectivity index (χ3v) is 6.62. The van der Waals surface area contributed by atoms with Gasteiger partial charge in [-0.1, -0.05) is 55.5 Å². The Hall–Kier alpha value is -2.12. The maximum absolute atomic E-state index is 10.9. The third kappa shape index (κ3) is 5.62. The number of hydrogen-bond donors (Lipinski definition) is 3. The molecule has 0 aromatic heterocycles. The number of carboxylic acid groups (broad SMARTS) is 1. The van der Waals surface area contributed by atoms with Gasteiger partial charge in [0, 0.05) is 12.1 Å². The van der Waals surface area contributed by atoms with Crippen molar-refractivity contribution in [1.29, 1.82) is 0 Å². The van der Waals surface area contributed by atoms with Crippen LogP contribution in [0.4, 0.5) is 0 Å². The molecule has 0 radical (unpaired) electrons. The van der Waals surface area contributed by atoms with Gasteiger partial charge in [-0.25, -0.2) is 0 Å². The van der Waals surface area contributed by atoms with Gasteiger partial charge in [0.05, 0.1) is 6.42 Å². The Bertz CT molecular complexity index is 909. The molecule has 32 heavy (non-hydrogen) atoms. The van der Waals surface area contributed by atoms with E-state index in [1.165, 1.54) is 16.7 Å². The summed E-state index contributed by atoms with van der Waals surface area (Å²) in [5.41, 5.74) is 5.06. The highest BCUT2D eigenvalue weighted by Gasteiger charge is 2.33. The first-order valence-corrected chi connectivity index (χ1v) is 11.6. The van der Waals surface area contributed by atoms with Gasteiger partial charge in [-0.2, -0.15) is 0 Å². The second-order valence-corrected chi connectivity index (χ2v) is 8.67. The summed E-state index contributed by atoms with van der Waals surface area (Å²) in [7, 11) is -0.962. The second kappa shape index (κ2) is 11.1. The highest BCUT2D eigenvalue weighted by atomic mass is 16.4. The van der Waals surface area contributed by atoms with Crippen LogP contribution in [-0.4, -0.2) is 57.9 Å². The number of nitrogens with zero attached hydrogens (tertiary/aromatic N) is 2. The predicted molar refractivity (Wildman–Crippen MR) is 129 cm³/mol. The molecule has 2 unspecified atom stereocenters. The van der Waals surface area contributed by atoms with E-state index in [4.69, 9.17) is 5.11 Å². The fourth-order valence-corrected chi connectivity index (χ4v) is 5.08. The van der Waals surface area contributed by atoms with Crippen molar-refractivity contribution in [3.05, 3.63) is 70.8 Å². The molecule has 6 nitrogen and oxygen atoms in total. The van der Waals surface area contributed by atoms with Crippen molar-refractivity contribution in [3.63, 3.8) is 0 Å². The molecule has 2 aliphatic rings. The van der Waals surface area contributed by atoms with E-state index in [1.807, 2.05) is 35.9 Å². The summed E-state index contributed by atoms with van der Waals surface area (Å²) in [6, 6.07) is 16.6. The number of benzene rings is 2. The van der Waals surface area contributed by atoms with Crippen molar-refractivity contribution in [2.75, 3.05) is 13.1 Å². The first-order valence-electron chi connectivity index (χ1n) is 11.6. The third-order valence-electron chi connectivity index (χ3n) is 6.62. The van der Waals surface area contributed by atoms with Gasteiger partial charge < -0.3 is 24.8 Å². The molecule has 170 valence electrons. The molecule has 0 aliphatic carbocycles. The molecule has 0 bridgehead atoms. The summed E-state index contributed by atoms with van der Waals surface area (Å²) in [6.07, 6.45) is 3.00. The van der Waals surface area contributed by atoms with Crippen molar-refractivity contribution < 1.29 is 19.9 Å². The number of fused-ring (bicyclic) bond motifs is 2. The first-order chi connectivity index (χ1) is 15.3. The van der Waals surface area contributed by atoms with E-state index in [0.29, 0.717) is 12.6 Å².